The first-order valence-electron chi connectivity index (χ1n) is 8.54. The van der Waals surface area contributed by atoms with Gasteiger partial charge < -0.3 is 19.7 Å². The van der Waals surface area contributed by atoms with Crippen LogP contribution in [0.25, 0.3) is 0 Å². The fourth-order valence-corrected chi connectivity index (χ4v) is 2.94. The number of fused-ring (bicyclic) bond motifs is 1. The van der Waals surface area contributed by atoms with Gasteiger partial charge in [0, 0.05) is 25.9 Å². The summed E-state index contributed by atoms with van der Waals surface area (Å²) in [6.07, 6.45) is 0.900. The number of nitrogens with one attached hydrogen (secondary N) is 1. The number of anilines is 1. The SMILES string of the molecule is COCCOCc1cccc(NC(=O)N2CCc3ccccc3C2)c1. The molecule has 25 heavy (non-hydrogen) atoms. The molecule has 0 aromatic heterocycles. The van der Waals surface area contributed by atoms with E-state index in [4.69, 9.17) is 9.47 Å². The van der Waals surface area contributed by atoms with E-state index in [1.165, 1.54) is 11.1 Å². The van der Waals surface area contributed by atoms with Gasteiger partial charge in [-0.15, -0.1) is 0 Å². The maximum Gasteiger partial charge on any atom is 0.322 e. The van der Waals surface area contributed by atoms with Crippen LogP contribution in [0.1, 0.15) is 16.7 Å². The Kier molecular flexibility index (Phi) is 6.04. The van der Waals surface area contributed by atoms with Crippen molar-refractivity contribution in [2.24, 2.45) is 0 Å². The number of hydrogen-bond donors (Lipinski definition) is 1. The first-order valence-corrected chi connectivity index (χ1v) is 8.54. The lowest BCUT2D eigenvalue weighted by atomic mass is 10.0. The van der Waals surface area contributed by atoms with Crippen LogP contribution in [0.2, 0.25) is 0 Å². The van der Waals surface area contributed by atoms with Gasteiger partial charge in [0.05, 0.1) is 19.8 Å². The van der Waals surface area contributed by atoms with Crippen molar-refractivity contribution in [3.05, 3.63) is 65.2 Å². The molecule has 0 aliphatic carbocycles. The van der Waals surface area contributed by atoms with Gasteiger partial charge in [0.15, 0.2) is 0 Å². The minimum atomic E-state index is -0.0630. The smallest absolute Gasteiger partial charge is 0.322 e. The van der Waals surface area contributed by atoms with Crippen molar-refractivity contribution in [1.82, 2.24) is 4.90 Å². The van der Waals surface area contributed by atoms with Crippen molar-refractivity contribution < 1.29 is 14.3 Å². The Morgan fingerprint density at radius 2 is 1.96 bits per heavy atom. The second-order valence-corrected chi connectivity index (χ2v) is 6.12. The summed E-state index contributed by atoms with van der Waals surface area (Å²) in [5, 5.41) is 2.99. The molecule has 2 aromatic rings. The molecule has 5 heteroatoms. The molecule has 0 saturated carbocycles. The molecule has 3 rings (SSSR count). The molecule has 1 N–H and O–H groups in total. The fourth-order valence-electron chi connectivity index (χ4n) is 2.94. The highest BCUT2D eigenvalue weighted by Crippen LogP contribution is 2.20. The maximum atomic E-state index is 12.6. The molecule has 5 nitrogen and oxygen atoms in total. The van der Waals surface area contributed by atoms with E-state index in [0.717, 1.165) is 24.2 Å². The number of carbonyl (C=O) groups excluding carboxylic acids is 1. The summed E-state index contributed by atoms with van der Waals surface area (Å²) in [4.78, 5) is 14.4. The first-order chi connectivity index (χ1) is 12.3. The zero-order chi connectivity index (χ0) is 17.5. The van der Waals surface area contributed by atoms with Gasteiger partial charge in [0.25, 0.3) is 0 Å². The van der Waals surface area contributed by atoms with E-state index >= 15 is 0 Å². The van der Waals surface area contributed by atoms with Crippen molar-refractivity contribution >= 4 is 11.7 Å². The Morgan fingerprint density at radius 1 is 1.12 bits per heavy atom. The van der Waals surface area contributed by atoms with Gasteiger partial charge in [-0.05, 0) is 35.2 Å². The molecule has 0 unspecified atom stereocenters. The van der Waals surface area contributed by atoms with Crippen molar-refractivity contribution in [3.8, 4) is 0 Å². The van der Waals surface area contributed by atoms with Gasteiger partial charge in [-0.25, -0.2) is 4.79 Å². The lowest BCUT2D eigenvalue weighted by Gasteiger charge is -2.29. The third kappa shape index (κ3) is 4.81. The van der Waals surface area contributed by atoms with E-state index < -0.39 is 0 Å². The quantitative estimate of drug-likeness (QED) is 0.820. The van der Waals surface area contributed by atoms with Crippen LogP contribution in [0.4, 0.5) is 10.5 Å². The number of ether oxygens (including phenoxy) is 2. The average Bonchev–Trinajstić information content (AvgIpc) is 2.65. The Hall–Kier alpha value is -2.37. The number of benzene rings is 2. The molecule has 1 aliphatic heterocycles. The fraction of sp³-hybridized carbons (Fsp3) is 0.350. The molecule has 0 atom stereocenters. The molecule has 132 valence electrons. The van der Waals surface area contributed by atoms with Crippen molar-refractivity contribution in [2.45, 2.75) is 19.6 Å². The monoisotopic (exact) mass is 340 g/mol. The lowest BCUT2D eigenvalue weighted by molar-refractivity contribution is 0.0617. The summed E-state index contributed by atoms with van der Waals surface area (Å²) < 4.78 is 10.5. The molecule has 2 aromatic carbocycles. The maximum absolute atomic E-state index is 12.6. The molecule has 0 spiro atoms. The minimum absolute atomic E-state index is 0.0630. The number of hydrogen-bond acceptors (Lipinski definition) is 3. The van der Waals surface area contributed by atoms with Crippen LogP contribution in [0.5, 0.6) is 0 Å². The summed E-state index contributed by atoms with van der Waals surface area (Å²) in [5.41, 5.74) is 4.38. The van der Waals surface area contributed by atoms with E-state index in [1.807, 2.05) is 35.2 Å². The molecule has 0 fully saturated rings. The number of methoxy groups -OCH3 is 1. The Morgan fingerprint density at radius 3 is 2.80 bits per heavy atom. The molecular formula is C20H24N2O3. The Balaban J connectivity index is 1.56. The Bertz CT molecular complexity index is 718. The molecule has 1 aliphatic rings. The van der Waals surface area contributed by atoms with Gasteiger partial charge in [0.1, 0.15) is 0 Å². The highest BCUT2D eigenvalue weighted by molar-refractivity contribution is 5.89. The van der Waals surface area contributed by atoms with Crippen LogP contribution in [0.15, 0.2) is 48.5 Å². The van der Waals surface area contributed by atoms with Crippen LogP contribution in [-0.4, -0.2) is 37.8 Å². The minimum Gasteiger partial charge on any atom is -0.382 e. The Labute approximate surface area is 148 Å². The molecular weight excluding hydrogens is 316 g/mol. The normalized spacial score (nSPS) is 13.4. The summed E-state index contributed by atoms with van der Waals surface area (Å²) in [5.74, 6) is 0. The predicted octanol–water partition coefficient (Wildman–Crippen LogP) is 3.44. The summed E-state index contributed by atoms with van der Waals surface area (Å²) >= 11 is 0. The van der Waals surface area contributed by atoms with Crippen molar-refractivity contribution in [2.75, 3.05) is 32.2 Å². The number of nitrogens with zero attached hydrogens (tertiary/aromatic N) is 1. The van der Waals surface area contributed by atoms with Crippen LogP contribution < -0.4 is 5.32 Å². The summed E-state index contributed by atoms with van der Waals surface area (Å²) in [7, 11) is 1.65. The third-order valence-corrected chi connectivity index (χ3v) is 4.30. The molecule has 0 bridgehead atoms. The van der Waals surface area contributed by atoms with Gasteiger partial charge in [0.2, 0.25) is 0 Å². The van der Waals surface area contributed by atoms with Crippen LogP contribution in [0, 0.1) is 0 Å². The average molecular weight is 340 g/mol. The standard InChI is InChI=1S/C20H24N2O3/c1-24-11-12-25-15-16-5-4-8-19(13-16)21-20(23)22-10-9-17-6-2-3-7-18(17)14-22/h2-8,13H,9-12,14-15H2,1H3,(H,21,23). The first kappa shape index (κ1) is 17.5. The zero-order valence-corrected chi connectivity index (χ0v) is 14.5. The summed E-state index contributed by atoms with van der Waals surface area (Å²) in [6, 6.07) is 16.0. The second kappa shape index (κ2) is 8.65. The van der Waals surface area contributed by atoms with Crippen LogP contribution in [0.3, 0.4) is 0 Å². The highest BCUT2D eigenvalue weighted by Gasteiger charge is 2.20. The van der Waals surface area contributed by atoms with E-state index in [-0.39, 0.29) is 6.03 Å². The van der Waals surface area contributed by atoms with E-state index in [1.54, 1.807) is 7.11 Å². The highest BCUT2D eigenvalue weighted by atomic mass is 16.5. The second-order valence-electron chi connectivity index (χ2n) is 6.12. The van der Waals surface area contributed by atoms with Crippen LogP contribution >= 0.6 is 0 Å². The van der Waals surface area contributed by atoms with E-state index in [2.05, 4.69) is 23.5 Å². The largest absolute Gasteiger partial charge is 0.382 e. The van der Waals surface area contributed by atoms with E-state index in [9.17, 15) is 4.79 Å². The molecule has 0 radical (unpaired) electrons. The summed E-state index contributed by atoms with van der Waals surface area (Å²) in [6.45, 7) is 3.03. The van der Waals surface area contributed by atoms with Crippen molar-refractivity contribution in [3.63, 3.8) is 0 Å². The zero-order valence-electron chi connectivity index (χ0n) is 14.5. The van der Waals surface area contributed by atoms with Gasteiger partial charge in [-0.2, -0.15) is 0 Å². The third-order valence-electron chi connectivity index (χ3n) is 4.30. The van der Waals surface area contributed by atoms with Gasteiger partial charge in [-0.3, -0.25) is 0 Å². The number of urea groups is 1. The number of carbonyl (C=O) groups is 1. The van der Waals surface area contributed by atoms with Gasteiger partial charge in [-0.1, -0.05) is 36.4 Å². The number of amides is 2. The molecule has 1 heterocycles. The van der Waals surface area contributed by atoms with Gasteiger partial charge >= 0.3 is 6.03 Å². The van der Waals surface area contributed by atoms with E-state index in [0.29, 0.717) is 26.4 Å². The molecule has 0 saturated heterocycles. The topological polar surface area (TPSA) is 50.8 Å². The van der Waals surface area contributed by atoms with Crippen molar-refractivity contribution in [1.29, 1.82) is 0 Å². The molecule has 2 amide bonds. The number of rotatable bonds is 6. The predicted molar refractivity (Wildman–Crippen MR) is 97.5 cm³/mol. The lowest BCUT2D eigenvalue weighted by Crippen LogP contribution is -2.38. The van der Waals surface area contributed by atoms with Crippen LogP contribution in [-0.2, 0) is 29.0 Å².